The Bertz CT molecular complexity index is 316. The third-order valence-electron chi connectivity index (χ3n) is 2.60. The van der Waals surface area contributed by atoms with Crippen molar-refractivity contribution in [1.29, 1.82) is 0 Å². The van der Waals surface area contributed by atoms with Crippen LogP contribution in [0.4, 0.5) is 0 Å². The zero-order chi connectivity index (χ0) is 12.1. The molecule has 0 radical (unpaired) electrons. The molecule has 6 nitrogen and oxygen atoms in total. The molecular formula is C10H19N3O3. The van der Waals surface area contributed by atoms with Gasteiger partial charge in [-0.25, -0.2) is 0 Å². The van der Waals surface area contributed by atoms with Gasteiger partial charge in [0.15, 0.2) is 5.82 Å². The number of aliphatic hydroxyl groups excluding tert-OH is 1. The molecule has 0 aromatic carbocycles. The second kappa shape index (κ2) is 5.93. The summed E-state index contributed by atoms with van der Waals surface area (Å²) in [6.45, 7) is 4.40. The monoisotopic (exact) mass is 229 g/mol. The molecule has 92 valence electrons. The van der Waals surface area contributed by atoms with Gasteiger partial charge in [-0.3, -0.25) is 4.90 Å². The maximum absolute atomic E-state index is 8.99. The highest BCUT2D eigenvalue weighted by Crippen LogP contribution is 2.12. The fourth-order valence-corrected chi connectivity index (χ4v) is 1.11. The number of aromatic nitrogens is 2. The maximum atomic E-state index is 8.99. The molecule has 0 fully saturated rings. The van der Waals surface area contributed by atoms with E-state index >= 15 is 0 Å². The van der Waals surface area contributed by atoms with Gasteiger partial charge in [0.1, 0.15) is 6.10 Å². The minimum Gasteiger partial charge on any atom is -0.395 e. The summed E-state index contributed by atoms with van der Waals surface area (Å²) in [4.78, 5) is 6.15. The molecule has 0 aliphatic heterocycles. The first kappa shape index (κ1) is 13.1. The van der Waals surface area contributed by atoms with Gasteiger partial charge in [-0.2, -0.15) is 4.98 Å². The van der Waals surface area contributed by atoms with Crippen molar-refractivity contribution in [3.63, 3.8) is 0 Å². The Labute approximate surface area is 95.2 Å². The summed E-state index contributed by atoms with van der Waals surface area (Å²) >= 11 is 0. The van der Waals surface area contributed by atoms with Crippen molar-refractivity contribution in [2.45, 2.75) is 32.5 Å². The first-order valence-corrected chi connectivity index (χ1v) is 5.24. The van der Waals surface area contributed by atoms with E-state index in [0.717, 1.165) is 0 Å². The normalized spacial score (nSPS) is 15.4. The number of aliphatic hydroxyl groups is 1. The third kappa shape index (κ3) is 3.26. The number of hydrogen-bond acceptors (Lipinski definition) is 6. The summed E-state index contributed by atoms with van der Waals surface area (Å²) in [7, 11) is 3.49. The van der Waals surface area contributed by atoms with Crippen molar-refractivity contribution in [3.8, 4) is 0 Å². The average Bonchev–Trinajstić information content (AvgIpc) is 2.75. The van der Waals surface area contributed by atoms with Crippen molar-refractivity contribution >= 4 is 0 Å². The predicted octanol–water partition coefficient (Wildman–Crippen LogP) is 0.590. The van der Waals surface area contributed by atoms with E-state index in [1.807, 2.05) is 25.8 Å². The van der Waals surface area contributed by atoms with Gasteiger partial charge in [0.25, 0.3) is 0 Å². The fourth-order valence-electron chi connectivity index (χ4n) is 1.11. The lowest BCUT2D eigenvalue weighted by molar-refractivity contribution is 0.109. The summed E-state index contributed by atoms with van der Waals surface area (Å²) in [6.07, 6.45) is -0.168. The van der Waals surface area contributed by atoms with Gasteiger partial charge in [0.05, 0.1) is 13.2 Å². The summed E-state index contributed by atoms with van der Waals surface area (Å²) in [6, 6.07) is 0.0650. The first-order valence-electron chi connectivity index (χ1n) is 5.24. The number of ether oxygens (including phenoxy) is 1. The molecule has 1 aromatic heterocycles. The van der Waals surface area contributed by atoms with Crippen molar-refractivity contribution in [2.24, 2.45) is 0 Å². The molecule has 2 unspecified atom stereocenters. The Kier molecular flexibility index (Phi) is 4.85. The van der Waals surface area contributed by atoms with Crippen molar-refractivity contribution < 1.29 is 14.4 Å². The quantitative estimate of drug-likeness (QED) is 0.769. The van der Waals surface area contributed by atoms with E-state index < -0.39 is 0 Å². The van der Waals surface area contributed by atoms with Crippen LogP contribution in [0.1, 0.15) is 31.7 Å². The summed E-state index contributed by atoms with van der Waals surface area (Å²) in [5.41, 5.74) is 0. The van der Waals surface area contributed by atoms with Crippen LogP contribution in [0.2, 0.25) is 0 Å². The highest BCUT2D eigenvalue weighted by atomic mass is 16.5. The first-order chi connectivity index (χ1) is 7.58. The van der Waals surface area contributed by atoms with Crippen LogP contribution < -0.4 is 0 Å². The highest BCUT2D eigenvalue weighted by molar-refractivity contribution is 4.89. The Morgan fingerprint density at radius 1 is 1.50 bits per heavy atom. The minimum atomic E-state index is -0.168. The number of hydrogen-bond donors (Lipinski definition) is 1. The van der Waals surface area contributed by atoms with Crippen molar-refractivity contribution in [1.82, 2.24) is 15.0 Å². The molecule has 1 heterocycles. The van der Waals surface area contributed by atoms with Gasteiger partial charge in [0, 0.05) is 13.2 Å². The highest BCUT2D eigenvalue weighted by Gasteiger charge is 2.16. The summed E-state index contributed by atoms with van der Waals surface area (Å²) in [5, 5.41) is 12.8. The lowest BCUT2D eigenvalue weighted by atomic mass is 10.3. The van der Waals surface area contributed by atoms with Crippen LogP contribution in [0.15, 0.2) is 4.52 Å². The molecule has 0 aliphatic carbocycles. The molecule has 1 aromatic rings. The molecule has 0 amide bonds. The molecule has 0 saturated carbocycles. The topological polar surface area (TPSA) is 71.6 Å². The van der Waals surface area contributed by atoms with Gasteiger partial charge in [0.2, 0.25) is 5.89 Å². The lowest BCUT2D eigenvalue weighted by Crippen LogP contribution is -2.31. The largest absolute Gasteiger partial charge is 0.395 e. The number of nitrogens with zero attached hydrogens (tertiary/aromatic N) is 3. The fraction of sp³-hybridized carbons (Fsp3) is 0.800. The zero-order valence-electron chi connectivity index (χ0n) is 10.2. The molecule has 0 aliphatic rings. The van der Waals surface area contributed by atoms with E-state index in [2.05, 4.69) is 10.1 Å². The Morgan fingerprint density at radius 2 is 2.19 bits per heavy atom. The Balaban J connectivity index is 2.58. The molecule has 1 N–H and O–H groups in total. The average molecular weight is 229 g/mol. The maximum Gasteiger partial charge on any atom is 0.240 e. The SMILES string of the molecule is COC(C)c1noc(CN(C)C(C)CO)n1. The molecule has 6 heteroatoms. The van der Waals surface area contributed by atoms with E-state index in [9.17, 15) is 0 Å². The van der Waals surface area contributed by atoms with Crippen LogP contribution in [0.25, 0.3) is 0 Å². The van der Waals surface area contributed by atoms with E-state index in [1.54, 1.807) is 7.11 Å². The van der Waals surface area contributed by atoms with Gasteiger partial charge >= 0.3 is 0 Å². The molecule has 16 heavy (non-hydrogen) atoms. The smallest absolute Gasteiger partial charge is 0.240 e. The predicted molar refractivity (Wildman–Crippen MR) is 57.7 cm³/mol. The van der Waals surface area contributed by atoms with Crippen LogP contribution in [-0.2, 0) is 11.3 Å². The summed E-state index contributed by atoms with van der Waals surface area (Å²) in [5.74, 6) is 1.07. The van der Waals surface area contributed by atoms with Gasteiger partial charge in [-0.05, 0) is 20.9 Å². The number of methoxy groups -OCH3 is 1. The Morgan fingerprint density at radius 3 is 2.75 bits per heavy atom. The molecule has 2 atom stereocenters. The van der Waals surface area contributed by atoms with Crippen molar-refractivity contribution in [2.75, 3.05) is 20.8 Å². The standard InChI is InChI=1S/C10H19N3O3/c1-7(6-14)13(3)5-9-11-10(12-16-9)8(2)15-4/h7-8,14H,5-6H2,1-4H3. The van der Waals surface area contributed by atoms with Crippen LogP contribution >= 0.6 is 0 Å². The van der Waals surface area contributed by atoms with Crippen LogP contribution in [0.5, 0.6) is 0 Å². The van der Waals surface area contributed by atoms with E-state index in [4.69, 9.17) is 14.4 Å². The van der Waals surface area contributed by atoms with E-state index in [0.29, 0.717) is 18.3 Å². The van der Waals surface area contributed by atoms with Gasteiger partial charge in [-0.1, -0.05) is 5.16 Å². The second-order valence-electron chi connectivity index (χ2n) is 3.87. The summed E-state index contributed by atoms with van der Waals surface area (Å²) < 4.78 is 10.2. The van der Waals surface area contributed by atoms with Gasteiger partial charge < -0.3 is 14.4 Å². The lowest BCUT2D eigenvalue weighted by Gasteiger charge is -2.20. The number of rotatable bonds is 6. The molecule has 0 spiro atoms. The molecular weight excluding hydrogens is 210 g/mol. The third-order valence-corrected chi connectivity index (χ3v) is 2.60. The second-order valence-corrected chi connectivity index (χ2v) is 3.87. The van der Waals surface area contributed by atoms with Crippen LogP contribution in [0, 0.1) is 0 Å². The molecule has 0 saturated heterocycles. The van der Waals surface area contributed by atoms with E-state index in [1.165, 1.54) is 0 Å². The Hall–Kier alpha value is -0.980. The van der Waals surface area contributed by atoms with E-state index in [-0.39, 0.29) is 18.8 Å². The van der Waals surface area contributed by atoms with Crippen LogP contribution in [-0.4, -0.2) is 47.0 Å². The van der Waals surface area contributed by atoms with Gasteiger partial charge in [-0.15, -0.1) is 0 Å². The number of likely N-dealkylation sites (N-methyl/N-ethyl adjacent to an activating group) is 1. The minimum absolute atomic E-state index is 0.0650. The molecule has 1 rings (SSSR count). The van der Waals surface area contributed by atoms with Crippen LogP contribution in [0.3, 0.4) is 0 Å². The molecule has 0 bridgehead atoms. The zero-order valence-corrected chi connectivity index (χ0v) is 10.2. The van der Waals surface area contributed by atoms with Crippen molar-refractivity contribution in [3.05, 3.63) is 11.7 Å².